The Balaban J connectivity index is 2.46. The summed E-state index contributed by atoms with van der Waals surface area (Å²) in [6.07, 6.45) is 8.24. The van der Waals surface area contributed by atoms with E-state index in [-0.39, 0.29) is 0 Å². The van der Waals surface area contributed by atoms with Crippen molar-refractivity contribution < 1.29 is 8.42 Å². The summed E-state index contributed by atoms with van der Waals surface area (Å²) in [4.78, 5) is 0. The summed E-state index contributed by atoms with van der Waals surface area (Å²) in [6, 6.07) is 0.521. The molecule has 1 N–H and O–H groups in total. The van der Waals surface area contributed by atoms with Crippen molar-refractivity contribution >= 4 is 9.84 Å². The predicted molar refractivity (Wildman–Crippen MR) is 86.8 cm³/mol. The fourth-order valence-electron chi connectivity index (χ4n) is 2.99. The lowest BCUT2D eigenvalue weighted by Crippen LogP contribution is -2.37. The van der Waals surface area contributed by atoms with Crippen LogP contribution in [-0.2, 0) is 9.84 Å². The average Bonchev–Trinajstić information content (AvgIpc) is 2.85. The van der Waals surface area contributed by atoms with E-state index in [4.69, 9.17) is 0 Å². The molecule has 0 saturated heterocycles. The van der Waals surface area contributed by atoms with Crippen LogP contribution >= 0.6 is 0 Å². The summed E-state index contributed by atoms with van der Waals surface area (Å²) in [6.45, 7) is 8.63. The molecule has 0 aromatic carbocycles. The monoisotopic (exact) mass is 303 g/mol. The van der Waals surface area contributed by atoms with E-state index in [1.54, 1.807) is 20.8 Å². The third-order valence-corrected chi connectivity index (χ3v) is 7.18. The lowest BCUT2D eigenvalue weighted by Gasteiger charge is -2.25. The molecule has 20 heavy (non-hydrogen) atoms. The second-order valence-corrected chi connectivity index (χ2v) is 10.0. The molecule has 1 aliphatic carbocycles. The van der Waals surface area contributed by atoms with Crippen LogP contribution in [-0.4, -0.2) is 31.5 Å². The van der Waals surface area contributed by atoms with E-state index in [1.165, 1.54) is 25.7 Å². The van der Waals surface area contributed by atoms with Crippen molar-refractivity contribution in [2.75, 3.05) is 12.3 Å². The summed E-state index contributed by atoms with van der Waals surface area (Å²) >= 11 is 0. The highest BCUT2D eigenvalue weighted by molar-refractivity contribution is 7.92. The molecule has 0 bridgehead atoms. The third kappa shape index (κ3) is 5.36. The molecule has 3 nitrogen and oxygen atoms in total. The van der Waals surface area contributed by atoms with Gasteiger partial charge in [-0.2, -0.15) is 0 Å². The molecular weight excluding hydrogens is 270 g/mol. The summed E-state index contributed by atoms with van der Waals surface area (Å²) in [5.41, 5.74) is 0. The lowest BCUT2D eigenvalue weighted by atomic mass is 9.94. The first-order valence-corrected chi connectivity index (χ1v) is 9.89. The van der Waals surface area contributed by atoms with E-state index in [0.717, 1.165) is 31.7 Å². The van der Waals surface area contributed by atoms with Gasteiger partial charge >= 0.3 is 0 Å². The molecule has 0 aromatic heterocycles. The lowest BCUT2D eigenvalue weighted by molar-refractivity contribution is 0.338. The molecule has 1 unspecified atom stereocenters. The van der Waals surface area contributed by atoms with E-state index in [1.807, 2.05) is 0 Å². The number of rotatable bonds is 8. The molecule has 1 aliphatic rings. The van der Waals surface area contributed by atoms with E-state index in [0.29, 0.717) is 11.8 Å². The summed E-state index contributed by atoms with van der Waals surface area (Å²) in [5, 5.41) is 3.64. The van der Waals surface area contributed by atoms with Gasteiger partial charge in [0.1, 0.15) is 0 Å². The quantitative estimate of drug-likeness (QED) is 0.746. The Kier molecular flexibility index (Phi) is 6.99. The number of hydrogen-bond donors (Lipinski definition) is 1. The zero-order chi connectivity index (χ0) is 15.2. The van der Waals surface area contributed by atoms with E-state index < -0.39 is 14.6 Å². The van der Waals surface area contributed by atoms with E-state index in [9.17, 15) is 8.42 Å². The average molecular weight is 304 g/mol. The molecule has 0 spiro atoms. The Morgan fingerprint density at radius 1 is 1.20 bits per heavy atom. The second kappa shape index (κ2) is 7.79. The zero-order valence-corrected chi connectivity index (χ0v) is 14.6. The third-order valence-electron chi connectivity index (χ3n) is 4.49. The maximum Gasteiger partial charge on any atom is 0.155 e. The van der Waals surface area contributed by atoms with Crippen molar-refractivity contribution in [2.45, 2.75) is 83.4 Å². The van der Waals surface area contributed by atoms with Crippen LogP contribution in [0, 0.1) is 5.92 Å². The first-order chi connectivity index (χ1) is 9.28. The van der Waals surface area contributed by atoms with Crippen molar-refractivity contribution in [3.05, 3.63) is 0 Å². The Morgan fingerprint density at radius 2 is 1.80 bits per heavy atom. The normalized spacial score (nSPS) is 19.4. The Hall–Kier alpha value is -0.0900. The van der Waals surface area contributed by atoms with Gasteiger partial charge in [0.05, 0.1) is 10.5 Å². The first-order valence-electron chi connectivity index (χ1n) is 8.23. The molecule has 0 radical (unpaired) electrons. The fourth-order valence-corrected chi connectivity index (χ4v) is 4.15. The number of nitrogens with one attached hydrogen (secondary N) is 1. The van der Waals surface area contributed by atoms with Crippen molar-refractivity contribution in [3.63, 3.8) is 0 Å². The standard InChI is InChI=1S/C16H33NO2S/c1-5-12-17-15(14-9-6-7-10-14)11-8-13-20(18,19)16(2,3)4/h14-15,17H,5-13H2,1-4H3. The van der Waals surface area contributed by atoms with E-state index >= 15 is 0 Å². The number of hydrogen-bond acceptors (Lipinski definition) is 3. The van der Waals surface area contributed by atoms with Crippen LogP contribution in [0.15, 0.2) is 0 Å². The van der Waals surface area contributed by atoms with Crippen LogP contribution in [0.1, 0.15) is 72.6 Å². The molecule has 0 heterocycles. The maximum absolute atomic E-state index is 12.1. The van der Waals surface area contributed by atoms with Gasteiger partial charge in [0.15, 0.2) is 9.84 Å². The Labute approximate surface area is 125 Å². The van der Waals surface area contributed by atoms with Crippen molar-refractivity contribution in [1.29, 1.82) is 0 Å². The molecule has 0 aromatic rings. The summed E-state index contributed by atoms with van der Waals surface area (Å²) in [5.74, 6) is 1.09. The van der Waals surface area contributed by atoms with Gasteiger partial charge in [0, 0.05) is 6.04 Å². The van der Waals surface area contributed by atoms with Crippen LogP contribution in [0.4, 0.5) is 0 Å². The minimum atomic E-state index is -2.97. The largest absolute Gasteiger partial charge is 0.314 e. The van der Waals surface area contributed by atoms with Crippen LogP contribution in [0.3, 0.4) is 0 Å². The smallest absolute Gasteiger partial charge is 0.155 e. The molecule has 0 aliphatic heterocycles. The van der Waals surface area contributed by atoms with Crippen LogP contribution in [0.2, 0.25) is 0 Å². The minimum absolute atomic E-state index is 0.327. The van der Waals surface area contributed by atoms with Crippen molar-refractivity contribution in [3.8, 4) is 0 Å². The molecule has 1 fully saturated rings. The summed E-state index contributed by atoms with van der Waals surface area (Å²) < 4.78 is 23.7. The van der Waals surface area contributed by atoms with Crippen LogP contribution in [0.5, 0.6) is 0 Å². The van der Waals surface area contributed by atoms with Gasteiger partial charge in [-0.1, -0.05) is 19.8 Å². The van der Waals surface area contributed by atoms with Crippen molar-refractivity contribution in [2.24, 2.45) is 5.92 Å². The van der Waals surface area contributed by atoms with Gasteiger partial charge in [-0.05, 0) is 65.3 Å². The van der Waals surface area contributed by atoms with E-state index in [2.05, 4.69) is 12.2 Å². The molecule has 0 amide bonds. The predicted octanol–water partition coefficient (Wildman–Crippen LogP) is 3.54. The van der Waals surface area contributed by atoms with Gasteiger partial charge in [-0.3, -0.25) is 0 Å². The van der Waals surface area contributed by atoms with Gasteiger partial charge in [-0.25, -0.2) is 8.42 Å². The fraction of sp³-hybridized carbons (Fsp3) is 1.00. The highest BCUT2D eigenvalue weighted by Gasteiger charge is 2.29. The molecule has 1 atom stereocenters. The second-order valence-electron chi connectivity index (χ2n) is 7.18. The Bertz CT molecular complexity index is 364. The van der Waals surface area contributed by atoms with Crippen molar-refractivity contribution in [1.82, 2.24) is 5.32 Å². The minimum Gasteiger partial charge on any atom is -0.314 e. The molecular formula is C16H33NO2S. The SMILES string of the molecule is CCCNC(CCCS(=O)(=O)C(C)(C)C)C1CCCC1. The number of sulfone groups is 1. The Morgan fingerprint density at radius 3 is 2.30 bits per heavy atom. The highest BCUT2D eigenvalue weighted by atomic mass is 32.2. The van der Waals surface area contributed by atoms with Gasteiger partial charge < -0.3 is 5.32 Å². The topological polar surface area (TPSA) is 46.2 Å². The highest BCUT2D eigenvalue weighted by Crippen LogP contribution is 2.30. The van der Waals surface area contributed by atoms with Gasteiger partial charge in [0.25, 0.3) is 0 Å². The molecule has 120 valence electrons. The molecule has 1 saturated carbocycles. The van der Waals surface area contributed by atoms with Gasteiger partial charge in [-0.15, -0.1) is 0 Å². The first kappa shape index (κ1) is 18.0. The maximum atomic E-state index is 12.1. The zero-order valence-electron chi connectivity index (χ0n) is 13.7. The van der Waals surface area contributed by atoms with Crippen LogP contribution < -0.4 is 5.32 Å². The summed E-state index contributed by atoms with van der Waals surface area (Å²) in [7, 11) is -2.97. The van der Waals surface area contributed by atoms with Crippen LogP contribution in [0.25, 0.3) is 0 Å². The van der Waals surface area contributed by atoms with Gasteiger partial charge in [0.2, 0.25) is 0 Å². The molecule has 4 heteroatoms. The molecule has 1 rings (SSSR count).